The number of benzene rings is 2. The number of aliphatic hydroxyl groups excluding tert-OH is 1. The molecule has 0 saturated heterocycles. The van der Waals surface area contributed by atoms with Crippen LogP contribution in [0.25, 0.3) is 22.2 Å². The maximum absolute atomic E-state index is 9.75. The van der Waals surface area contributed by atoms with Crippen LogP contribution in [0.4, 0.5) is 5.69 Å². The van der Waals surface area contributed by atoms with Crippen LogP contribution in [-0.4, -0.2) is 36.4 Å². The Hall–Kier alpha value is -2.34. The van der Waals surface area contributed by atoms with Gasteiger partial charge >= 0.3 is 0 Å². The molecule has 5 nitrogen and oxygen atoms in total. The molecule has 0 bridgehead atoms. The van der Waals surface area contributed by atoms with Crippen molar-refractivity contribution in [3.05, 3.63) is 53.6 Å². The monoisotopic (exact) mass is 357 g/mol. The van der Waals surface area contributed by atoms with Crippen LogP contribution < -0.4 is 15.8 Å². The van der Waals surface area contributed by atoms with E-state index >= 15 is 0 Å². The zero-order valence-corrected chi connectivity index (χ0v) is 14.6. The molecule has 0 aliphatic carbocycles. The van der Waals surface area contributed by atoms with E-state index in [-0.39, 0.29) is 6.54 Å². The highest BCUT2D eigenvalue weighted by atomic mass is 35.5. The van der Waals surface area contributed by atoms with Crippen molar-refractivity contribution in [2.24, 2.45) is 5.73 Å². The van der Waals surface area contributed by atoms with E-state index in [1.807, 2.05) is 48.5 Å². The fourth-order valence-electron chi connectivity index (χ4n) is 2.56. The molecule has 1 heterocycles. The molecule has 0 amide bonds. The molecule has 0 aliphatic heterocycles. The first-order valence-electron chi connectivity index (χ1n) is 7.97. The average molecular weight is 358 g/mol. The van der Waals surface area contributed by atoms with Gasteiger partial charge in [0.05, 0.1) is 24.4 Å². The summed E-state index contributed by atoms with van der Waals surface area (Å²) in [4.78, 5) is 4.74. The van der Waals surface area contributed by atoms with Gasteiger partial charge in [-0.3, -0.25) is 0 Å². The highest BCUT2D eigenvalue weighted by Gasteiger charge is 2.10. The van der Waals surface area contributed by atoms with Crippen LogP contribution in [0.5, 0.6) is 5.75 Å². The second-order valence-corrected chi connectivity index (χ2v) is 6.15. The number of nitrogens with zero attached hydrogens (tertiary/aromatic N) is 1. The molecule has 2 aromatic carbocycles. The molecule has 130 valence electrons. The van der Waals surface area contributed by atoms with Crippen molar-refractivity contribution < 1.29 is 9.84 Å². The minimum atomic E-state index is -0.611. The summed E-state index contributed by atoms with van der Waals surface area (Å²) in [6.07, 6.45) is -0.611. The highest BCUT2D eigenvalue weighted by Crippen LogP contribution is 2.31. The Kier molecular flexibility index (Phi) is 5.38. The van der Waals surface area contributed by atoms with Gasteiger partial charge < -0.3 is 20.9 Å². The topological polar surface area (TPSA) is 80.4 Å². The van der Waals surface area contributed by atoms with E-state index in [4.69, 9.17) is 27.1 Å². The normalized spacial score (nSPS) is 12.2. The molecule has 0 spiro atoms. The number of hydrogen-bond acceptors (Lipinski definition) is 5. The Labute approximate surface area is 151 Å². The zero-order chi connectivity index (χ0) is 17.8. The third-order valence-corrected chi connectivity index (χ3v) is 4.21. The summed E-state index contributed by atoms with van der Waals surface area (Å²) in [5.41, 5.74) is 8.94. The number of methoxy groups -OCH3 is 1. The van der Waals surface area contributed by atoms with Crippen LogP contribution in [0.3, 0.4) is 0 Å². The second-order valence-electron chi connectivity index (χ2n) is 5.72. The van der Waals surface area contributed by atoms with E-state index in [1.165, 1.54) is 0 Å². The number of anilines is 1. The molecular weight excluding hydrogens is 338 g/mol. The molecule has 25 heavy (non-hydrogen) atoms. The van der Waals surface area contributed by atoms with Crippen LogP contribution in [-0.2, 0) is 0 Å². The molecule has 1 unspecified atom stereocenters. The van der Waals surface area contributed by atoms with Crippen molar-refractivity contribution in [1.82, 2.24) is 4.98 Å². The van der Waals surface area contributed by atoms with E-state index in [9.17, 15) is 5.11 Å². The van der Waals surface area contributed by atoms with Crippen LogP contribution in [0.1, 0.15) is 0 Å². The molecule has 1 aromatic heterocycles. The number of halogens is 1. The molecular formula is C19H20ClN3O2. The van der Waals surface area contributed by atoms with Crippen LogP contribution in [0.15, 0.2) is 48.5 Å². The van der Waals surface area contributed by atoms with E-state index in [0.717, 1.165) is 33.6 Å². The Bertz CT molecular complexity index is 868. The van der Waals surface area contributed by atoms with Crippen LogP contribution >= 0.6 is 11.6 Å². The Morgan fingerprint density at radius 1 is 1.20 bits per heavy atom. The number of nitrogens with one attached hydrogen (secondary N) is 1. The predicted molar refractivity (Wildman–Crippen MR) is 102 cm³/mol. The van der Waals surface area contributed by atoms with Crippen molar-refractivity contribution >= 4 is 28.2 Å². The molecule has 0 fully saturated rings. The van der Waals surface area contributed by atoms with Gasteiger partial charge in [0.25, 0.3) is 0 Å². The molecule has 0 saturated carbocycles. The van der Waals surface area contributed by atoms with Crippen molar-refractivity contribution in [2.75, 3.05) is 25.5 Å². The number of fused-ring (bicyclic) bond motifs is 1. The molecule has 4 N–H and O–H groups in total. The molecule has 3 rings (SSSR count). The van der Waals surface area contributed by atoms with Gasteiger partial charge in [-0.1, -0.05) is 23.7 Å². The lowest BCUT2D eigenvalue weighted by Gasteiger charge is -2.15. The summed E-state index contributed by atoms with van der Waals surface area (Å²) in [5, 5.41) is 14.6. The lowest BCUT2D eigenvalue weighted by Crippen LogP contribution is -2.27. The van der Waals surface area contributed by atoms with E-state index < -0.39 is 6.10 Å². The average Bonchev–Trinajstić information content (AvgIpc) is 2.65. The lowest BCUT2D eigenvalue weighted by molar-refractivity contribution is 0.196. The van der Waals surface area contributed by atoms with Gasteiger partial charge in [-0.15, -0.1) is 0 Å². The first-order valence-corrected chi connectivity index (χ1v) is 8.35. The predicted octanol–water partition coefficient (Wildman–Crippen LogP) is 3.30. The highest BCUT2D eigenvalue weighted by molar-refractivity contribution is 6.30. The molecule has 0 radical (unpaired) electrons. The summed E-state index contributed by atoms with van der Waals surface area (Å²) >= 11 is 5.98. The van der Waals surface area contributed by atoms with E-state index in [1.54, 1.807) is 7.11 Å². The quantitative estimate of drug-likeness (QED) is 0.630. The largest absolute Gasteiger partial charge is 0.497 e. The minimum absolute atomic E-state index is 0.202. The Morgan fingerprint density at radius 2 is 1.96 bits per heavy atom. The maximum atomic E-state index is 9.75. The third-order valence-electron chi connectivity index (χ3n) is 3.96. The van der Waals surface area contributed by atoms with E-state index in [2.05, 4.69) is 5.32 Å². The smallest absolute Gasteiger partial charge is 0.121 e. The van der Waals surface area contributed by atoms with Crippen LogP contribution in [0.2, 0.25) is 5.02 Å². The maximum Gasteiger partial charge on any atom is 0.121 e. The van der Waals surface area contributed by atoms with Gasteiger partial charge in [0.2, 0.25) is 0 Å². The summed E-state index contributed by atoms with van der Waals surface area (Å²) in [7, 11) is 1.63. The van der Waals surface area contributed by atoms with Crippen molar-refractivity contribution in [1.29, 1.82) is 0 Å². The molecule has 1 atom stereocenters. The molecule has 6 heteroatoms. The zero-order valence-electron chi connectivity index (χ0n) is 13.9. The third kappa shape index (κ3) is 4.02. The standard InChI is InChI=1S/C19H20ClN3O2/c1-25-15-6-7-16-18(22-11-14(24)10-21)9-17(23-19(16)8-15)12-2-4-13(20)5-3-12/h2-9,14,24H,10-11,21H2,1H3,(H,22,23). The fourth-order valence-corrected chi connectivity index (χ4v) is 2.69. The van der Waals surface area contributed by atoms with Gasteiger partial charge in [-0.25, -0.2) is 4.98 Å². The second kappa shape index (κ2) is 7.70. The van der Waals surface area contributed by atoms with Gasteiger partial charge in [-0.05, 0) is 30.3 Å². The van der Waals surface area contributed by atoms with Crippen molar-refractivity contribution in [3.8, 4) is 17.0 Å². The molecule has 0 aliphatic rings. The van der Waals surface area contributed by atoms with Crippen molar-refractivity contribution in [2.45, 2.75) is 6.10 Å². The Balaban J connectivity index is 2.08. The molecule has 3 aromatic rings. The fraction of sp³-hybridized carbons (Fsp3) is 0.211. The lowest BCUT2D eigenvalue weighted by atomic mass is 10.1. The Morgan fingerprint density at radius 3 is 2.64 bits per heavy atom. The first kappa shape index (κ1) is 17.5. The van der Waals surface area contributed by atoms with Gasteiger partial charge in [-0.2, -0.15) is 0 Å². The van der Waals surface area contributed by atoms with Crippen molar-refractivity contribution in [3.63, 3.8) is 0 Å². The summed E-state index contributed by atoms with van der Waals surface area (Å²) in [6, 6.07) is 15.2. The van der Waals surface area contributed by atoms with Gasteiger partial charge in [0, 0.05) is 40.8 Å². The van der Waals surface area contributed by atoms with Gasteiger partial charge in [0.15, 0.2) is 0 Å². The summed E-state index contributed by atoms with van der Waals surface area (Å²) in [5.74, 6) is 0.737. The number of pyridine rings is 1. The number of nitrogens with two attached hydrogens (primary N) is 1. The number of hydrogen-bond donors (Lipinski definition) is 3. The number of ether oxygens (including phenoxy) is 1. The van der Waals surface area contributed by atoms with Crippen LogP contribution in [0, 0.1) is 0 Å². The summed E-state index contributed by atoms with van der Waals surface area (Å²) in [6.45, 7) is 0.565. The minimum Gasteiger partial charge on any atom is -0.497 e. The number of rotatable bonds is 6. The first-order chi connectivity index (χ1) is 12.1. The number of aliphatic hydroxyl groups is 1. The SMILES string of the molecule is COc1ccc2c(NCC(O)CN)cc(-c3ccc(Cl)cc3)nc2c1. The summed E-state index contributed by atoms with van der Waals surface area (Å²) < 4.78 is 5.30. The van der Waals surface area contributed by atoms with Gasteiger partial charge in [0.1, 0.15) is 5.75 Å². The van der Waals surface area contributed by atoms with E-state index in [0.29, 0.717) is 11.6 Å². The number of aromatic nitrogens is 1.